The summed E-state index contributed by atoms with van der Waals surface area (Å²) in [4.78, 5) is 22.6. The van der Waals surface area contributed by atoms with Crippen molar-refractivity contribution < 1.29 is 4.79 Å². The molecule has 2 aromatic heterocycles. The second kappa shape index (κ2) is 7.46. The first-order valence-corrected chi connectivity index (χ1v) is 10.7. The molecule has 1 N–H and O–H groups in total. The molecule has 5 aromatic rings. The molecule has 0 fully saturated rings. The van der Waals surface area contributed by atoms with Gasteiger partial charge >= 0.3 is 0 Å². The molecule has 2 heterocycles. The van der Waals surface area contributed by atoms with Crippen molar-refractivity contribution in [1.82, 2.24) is 14.4 Å². The van der Waals surface area contributed by atoms with Gasteiger partial charge in [0, 0.05) is 11.1 Å². The topological polar surface area (TPSA) is 59.3 Å². The van der Waals surface area contributed by atoms with E-state index in [1.807, 2.05) is 86.6 Å². The van der Waals surface area contributed by atoms with Gasteiger partial charge in [0.25, 0.3) is 0 Å². The third-order valence-electron chi connectivity index (χ3n) is 5.17. The number of carbonyl (C=O) groups is 1. The number of anilines is 1. The van der Waals surface area contributed by atoms with Crippen LogP contribution >= 0.6 is 11.8 Å². The van der Waals surface area contributed by atoms with Crippen LogP contribution in [0.4, 0.5) is 5.69 Å². The van der Waals surface area contributed by atoms with Crippen LogP contribution in [-0.2, 0) is 4.79 Å². The molecule has 5 rings (SSSR count). The van der Waals surface area contributed by atoms with E-state index in [1.165, 1.54) is 11.8 Å². The Hall–Kier alpha value is -3.38. The molecule has 0 aliphatic carbocycles. The number of thioether (sulfide) groups is 1. The van der Waals surface area contributed by atoms with Crippen LogP contribution in [0.25, 0.3) is 27.6 Å². The fraction of sp³-hybridized carbons (Fsp3) is 0.125. The van der Waals surface area contributed by atoms with Gasteiger partial charge in [-0.3, -0.25) is 9.20 Å². The number of para-hydroxylation sites is 4. The first-order valence-electron chi connectivity index (χ1n) is 9.81. The quantitative estimate of drug-likeness (QED) is 0.314. The van der Waals surface area contributed by atoms with Gasteiger partial charge in [0.05, 0.1) is 21.8 Å². The summed E-state index contributed by atoms with van der Waals surface area (Å²) >= 11 is 1.44. The van der Waals surface area contributed by atoms with Crippen molar-refractivity contribution in [2.75, 3.05) is 5.32 Å². The van der Waals surface area contributed by atoms with Crippen molar-refractivity contribution in [3.63, 3.8) is 0 Å². The van der Waals surface area contributed by atoms with Gasteiger partial charge in [-0.05, 0) is 49.7 Å². The lowest BCUT2D eigenvalue weighted by atomic mass is 10.2. The van der Waals surface area contributed by atoms with Crippen LogP contribution in [-0.4, -0.2) is 25.5 Å². The minimum atomic E-state index is -0.331. The zero-order valence-electron chi connectivity index (χ0n) is 16.7. The van der Waals surface area contributed by atoms with Crippen LogP contribution < -0.4 is 5.32 Å². The van der Waals surface area contributed by atoms with E-state index in [-0.39, 0.29) is 11.2 Å². The third-order valence-corrected chi connectivity index (χ3v) is 6.22. The molecular weight excluding hydrogens is 392 g/mol. The van der Waals surface area contributed by atoms with E-state index >= 15 is 0 Å². The molecular formula is C24H20N4OS. The Kier molecular flexibility index (Phi) is 4.64. The molecule has 30 heavy (non-hydrogen) atoms. The minimum absolute atomic E-state index is 0.0539. The Bertz CT molecular complexity index is 1410. The SMILES string of the molecule is Cc1ccccc1NC(=O)C(C)Sc1nc2ccccc2c2nc3ccccc3n12. The first-order chi connectivity index (χ1) is 14.6. The number of nitrogens with one attached hydrogen (secondary N) is 1. The fourth-order valence-electron chi connectivity index (χ4n) is 3.55. The summed E-state index contributed by atoms with van der Waals surface area (Å²) in [5, 5.41) is 4.45. The van der Waals surface area contributed by atoms with E-state index in [0.717, 1.165) is 44.0 Å². The molecule has 0 aliphatic rings. The number of aromatic nitrogens is 3. The predicted octanol–water partition coefficient (Wildman–Crippen LogP) is 5.46. The van der Waals surface area contributed by atoms with E-state index in [4.69, 9.17) is 9.97 Å². The van der Waals surface area contributed by atoms with E-state index in [2.05, 4.69) is 9.72 Å². The maximum atomic E-state index is 12.9. The highest BCUT2D eigenvalue weighted by atomic mass is 32.2. The normalized spacial score (nSPS) is 12.5. The number of benzene rings is 3. The minimum Gasteiger partial charge on any atom is -0.325 e. The molecule has 0 aliphatic heterocycles. The maximum absolute atomic E-state index is 12.9. The summed E-state index contributed by atoms with van der Waals surface area (Å²) in [5.74, 6) is -0.0539. The van der Waals surface area contributed by atoms with Gasteiger partial charge in [0.15, 0.2) is 5.16 Å². The van der Waals surface area contributed by atoms with Crippen LogP contribution in [0, 0.1) is 6.92 Å². The van der Waals surface area contributed by atoms with Gasteiger partial charge in [-0.25, -0.2) is 9.97 Å². The van der Waals surface area contributed by atoms with Crippen molar-refractivity contribution in [2.24, 2.45) is 0 Å². The van der Waals surface area contributed by atoms with Crippen molar-refractivity contribution >= 4 is 50.9 Å². The summed E-state index contributed by atoms with van der Waals surface area (Å²) in [6.45, 7) is 3.89. The van der Waals surface area contributed by atoms with Crippen LogP contribution in [0.15, 0.2) is 78.0 Å². The van der Waals surface area contributed by atoms with E-state index in [0.29, 0.717) is 0 Å². The number of hydrogen-bond acceptors (Lipinski definition) is 4. The molecule has 1 atom stereocenters. The lowest BCUT2D eigenvalue weighted by molar-refractivity contribution is -0.115. The van der Waals surface area contributed by atoms with E-state index in [9.17, 15) is 4.79 Å². The molecule has 5 nitrogen and oxygen atoms in total. The Morgan fingerprint density at radius 1 is 0.933 bits per heavy atom. The number of carbonyl (C=O) groups excluding carboxylic acids is 1. The second-order valence-corrected chi connectivity index (χ2v) is 8.54. The van der Waals surface area contributed by atoms with Crippen LogP contribution in [0.5, 0.6) is 0 Å². The van der Waals surface area contributed by atoms with Crippen LogP contribution in [0.2, 0.25) is 0 Å². The number of aryl methyl sites for hydroxylation is 1. The number of imidazole rings is 1. The summed E-state index contributed by atoms with van der Waals surface area (Å²) in [5.41, 5.74) is 5.49. The number of rotatable bonds is 4. The Morgan fingerprint density at radius 3 is 2.47 bits per heavy atom. The number of amides is 1. The van der Waals surface area contributed by atoms with Crippen molar-refractivity contribution in [2.45, 2.75) is 24.3 Å². The monoisotopic (exact) mass is 412 g/mol. The number of hydrogen-bond donors (Lipinski definition) is 1. The Labute approximate surface area is 178 Å². The summed E-state index contributed by atoms with van der Waals surface area (Å²) in [7, 11) is 0. The van der Waals surface area contributed by atoms with Crippen molar-refractivity contribution in [3.05, 3.63) is 78.4 Å². The standard InChI is InChI=1S/C24H20N4OS/c1-15-9-3-5-11-18(15)26-23(29)16(2)30-24-27-19-12-6-4-10-17(19)22-25-20-13-7-8-14-21(20)28(22)24/h3-14,16H,1-2H3,(H,26,29). The molecule has 3 aromatic carbocycles. The largest absolute Gasteiger partial charge is 0.325 e. The van der Waals surface area contributed by atoms with Gasteiger partial charge in [-0.2, -0.15) is 0 Å². The van der Waals surface area contributed by atoms with Gasteiger partial charge in [-0.1, -0.05) is 54.2 Å². The molecule has 6 heteroatoms. The highest BCUT2D eigenvalue weighted by Crippen LogP contribution is 2.31. The Balaban J connectivity index is 1.57. The van der Waals surface area contributed by atoms with Crippen LogP contribution in [0.3, 0.4) is 0 Å². The summed E-state index contributed by atoms with van der Waals surface area (Å²) in [6.07, 6.45) is 0. The first kappa shape index (κ1) is 18.6. The second-order valence-electron chi connectivity index (χ2n) is 7.24. The zero-order valence-corrected chi connectivity index (χ0v) is 17.5. The van der Waals surface area contributed by atoms with Crippen LogP contribution in [0.1, 0.15) is 12.5 Å². The lowest BCUT2D eigenvalue weighted by Crippen LogP contribution is -2.23. The molecule has 1 amide bonds. The molecule has 148 valence electrons. The highest BCUT2D eigenvalue weighted by molar-refractivity contribution is 8.00. The predicted molar refractivity (Wildman–Crippen MR) is 123 cm³/mol. The summed E-state index contributed by atoms with van der Waals surface area (Å²) < 4.78 is 2.06. The summed E-state index contributed by atoms with van der Waals surface area (Å²) in [6, 6.07) is 23.8. The van der Waals surface area contributed by atoms with Gasteiger partial charge in [-0.15, -0.1) is 0 Å². The molecule has 0 spiro atoms. The molecule has 1 unspecified atom stereocenters. The number of nitrogens with zero attached hydrogens (tertiary/aromatic N) is 3. The maximum Gasteiger partial charge on any atom is 0.237 e. The average Bonchev–Trinajstić information content (AvgIpc) is 3.15. The van der Waals surface area contributed by atoms with E-state index in [1.54, 1.807) is 0 Å². The molecule has 0 saturated heterocycles. The van der Waals surface area contributed by atoms with Gasteiger partial charge in [0.2, 0.25) is 5.91 Å². The number of fused-ring (bicyclic) bond motifs is 5. The van der Waals surface area contributed by atoms with Gasteiger partial charge < -0.3 is 5.32 Å². The molecule has 0 saturated carbocycles. The average molecular weight is 413 g/mol. The lowest BCUT2D eigenvalue weighted by Gasteiger charge is -2.14. The smallest absolute Gasteiger partial charge is 0.237 e. The van der Waals surface area contributed by atoms with E-state index < -0.39 is 0 Å². The molecule has 0 bridgehead atoms. The zero-order chi connectivity index (χ0) is 20.7. The van der Waals surface area contributed by atoms with Crippen molar-refractivity contribution in [3.8, 4) is 0 Å². The Morgan fingerprint density at radius 2 is 1.63 bits per heavy atom. The molecule has 0 radical (unpaired) electrons. The fourth-order valence-corrected chi connectivity index (χ4v) is 4.48. The highest BCUT2D eigenvalue weighted by Gasteiger charge is 2.20. The van der Waals surface area contributed by atoms with Crippen molar-refractivity contribution in [1.29, 1.82) is 0 Å². The third kappa shape index (κ3) is 3.19. The van der Waals surface area contributed by atoms with Gasteiger partial charge in [0.1, 0.15) is 5.65 Å².